The van der Waals surface area contributed by atoms with Gasteiger partial charge in [0, 0.05) is 13.3 Å². The lowest BCUT2D eigenvalue weighted by atomic mass is 9.98. The maximum absolute atomic E-state index is 12.1. The van der Waals surface area contributed by atoms with Crippen LogP contribution in [0.25, 0.3) is 5.69 Å². The normalized spacial score (nSPS) is 16.1. The third-order valence-corrected chi connectivity index (χ3v) is 4.94. The Labute approximate surface area is 166 Å². The minimum atomic E-state index is -0.427. The van der Waals surface area contributed by atoms with Crippen molar-refractivity contribution >= 4 is 11.6 Å². The number of amides is 1. The van der Waals surface area contributed by atoms with Crippen LogP contribution in [0.4, 0.5) is 0 Å². The second kappa shape index (κ2) is 6.93. The van der Waals surface area contributed by atoms with Crippen LogP contribution in [0.2, 0.25) is 0 Å². The number of aromatic hydroxyl groups is 1. The van der Waals surface area contributed by atoms with Gasteiger partial charge in [-0.05, 0) is 42.3 Å². The van der Waals surface area contributed by atoms with Gasteiger partial charge in [0.15, 0.2) is 5.82 Å². The standard InChI is InChI=1S/C20H20N6O3/c1-12-22-26(20(29)24(12)21)16-7-3-14(4-8-16)18-11-19(25(23-18)13(2)27)15-5-9-17(28)10-6-15/h3-10,19,28H,11,21H2,1-2H3. The number of hydrazone groups is 1. The number of carbonyl (C=O) groups excluding carboxylic acids is 1. The SMILES string of the molecule is CC(=O)N1N=C(c2ccc(-n3nc(C)n(N)c3=O)cc2)CC1c1ccc(O)cc1. The number of carbonyl (C=O) groups is 1. The quantitative estimate of drug-likeness (QED) is 0.654. The average Bonchev–Trinajstić information content (AvgIpc) is 3.27. The maximum atomic E-state index is 12.1. The van der Waals surface area contributed by atoms with E-state index in [9.17, 15) is 14.7 Å². The summed E-state index contributed by atoms with van der Waals surface area (Å²) in [5.41, 5.74) is 2.66. The molecule has 2 heterocycles. The van der Waals surface area contributed by atoms with E-state index in [-0.39, 0.29) is 17.7 Å². The molecule has 0 radical (unpaired) electrons. The predicted octanol–water partition coefficient (Wildman–Crippen LogP) is 1.46. The summed E-state index contributed by atoms with van der Waals surface area (Å²) in [6.45, 7) is 3.13. The minimum absolute atomic E-state index is 0.162. The van der Waals surface area contributed by atoms with Crippen LogP contribution < -0.4 is 11.5 Å². The molecule has 0 aliphatic carbocycles. The number of aromatic nitrogens is 3. The lowest BCUT2D eigenvalue weighted by Gasteiger charge is -2.20. The Balaban J connectivity index is 1.63. The van der Waals surface area contributed by atoms with Crippen LogP contribution >= 0.6 is 0 Å². The fraction of sp³-hybridized carbons (Fsp3) is 0.200. The highest BCUT2D eigenvalue weighted by molar-refractivity contribution is 6.03. The smallest absolute Gasteiger partial charge is 0.369 e. The van der Waals surface area contributed by atoms with Crippen molar-refractivity contribution in [2.45, 2.75) is 26.3 Å². The molecule has 1 aromatic heterocycles. The largest absolute Gasteiger partial charge is 0.508 e. The van der Waals surface area contributed by atoms with Crippen LogP contribution in [-0.4, -0.2) is 36.2 Å². The number of phenolic OH excluding ortho intramolecular Hbond substituents is 1. The number of benzene rings is 2. The number of aryl methyl sites for hydroxylation is 1. The van der Waals surface area contributed by atoms with Crippen molar-refractivity contribution in [1.29, 1.82) is 0 Å². The molecule has 3 N–H and O–H groups in total. The molecule has 148 valence electrons. The Morgan fingerprint density at radius 2 is 1.79 bits per heavy atom. The Bertz CT molecular complexity index is 1160. The third kappa shape index (κ3) is 3.27. The van der Waals surface area contributed by atoms with Crippen molar-refractivity contribution in [2.24, 2.45) is 5.10 Å². The molecule has 0 saturated carbocycles. The summed E-state index contributed by atoms with van der Waals surface area (Å²) in [7, 11) is 0. The topological polar surface area (TPSA) is 119 Å². The molecular weight excluding hydrogens is 372 g/mol. The second-order valence-corrected chi connectivity index (χ2v) is 6.88. The van der Waals surface area contributed by atoms with Crippen molar-refractivity contribution in [3.63, 3.8) is 0 Å². The first kappa shape index (κ1) is 18.5. The number of phenols is 1. The first-order valence-electron chi connectivity index (χ1n) is 9.06. The zero-order valence-electron chi connectivity index (χ0n) is 16.0. The van der Waals surface area contributed by atoms with E-state index in [1.807, 2.05) is 12.1 Å². The van der Waals surface area contributed by atoms with E-state index >= 15 is 0 Å². The molecule has 1 atom stereocenters. The molecule has 0 bridgehead atoms. The molecule has 0 saturated heterocycles. The highest BCUT2D eigenvalue weighted by Crippen LogP contribution is 2.33. The lowest BCUT2D eigenvalue weighted by molar-refractivity contribution is -0.130. The highest BCUT2D eigenvalue weighted by Gasteiger charge is 2.31. The molecule has 1 unspecified atom stereocenters. The number of hydrogen-bond acceptors (Lipinski definition) is 6. The van der Waals surface area contributed by atoms with E-state index in [0.717, 1.165) is 21.5 Å². The monoisotopic (exact) mass is 392 g/mol. The van der Waals surface area contributed by atoms with Crippen LogP contribution in [0.1, 0.15) is 36.3 Å². The Hall–Kier alpha value is -3.88. The van der Waals surface area contributed by atoms with E-state index < -0.39 is 5.69 Å². The number of nitrogen functional groups attached to an aromatic ring is 1. The number of hydrogen-bond donors (Lipinski definition) is 2. The molecule has 1 amide bonds. The lowest BCUT2D eigenvalue weighted by Crippen LogP contribution is -2.29. The van der Waals surface area contributed by atoms with Gasteiger partial charge in [0.25, 0.3) is 0 Å². The fourth-order valence-corrected chi connectivity index (χ4v) is 3.37. The minimum Gasteiger partial charge on any atom is -0.508 e. The van der Waals surface area contributed by atoms with E-state index in [2.05, 4.69) is 10.2 Å². The summed E-state index contributed by atoms with van der Waals surface area (Å²) in [5.74, 6) is 6.06. The molecule has 1 aliphatic heterocycles. The zero-order valence-corrected chi connectivity index (χ0v) is 16.0. The van der Waals surface area contributed by atoms with Gasteiger partial charge in [-0.3, -0.25) is 4.79 Å². The first-order chi connectivity index (χ1) is 13.8. The van der Waals surface area contributed by atoms with Crippen LogP contribution in [-0.2, 0) is 4.79 Å². The molecule has 1 aliphatic rings. The summed E-state index contributed by atoms with van der Waals surface area (Å²) in [4.78, 5) is 24.2. The predicted molar refractivity (Wildman–Crippen MR) is 107 cm³/mol. The first-order valence-corrected chi connectivity index (χ1v) is 9.06. The molecule has 9 heteroatoms. The molecule has 0 fully saturated rings. The van der Waals surface area contributed by atoms with E-state index in [4.69, 9.17) is 5.84 Å². The van der Waals surface area contributed by atoms with Gasteiger partial charge in [-0.25, -0.2) is 9.80 Å². The number of nitrogens with two attached hydrogens (primary N) is 1. The van der Waals surface area contributed by atoms with E-state index in [1.165, 1.54) is 16.6 Å². The average molecular weight is 392 g/mol. The number of nitrogens with zero attached hydrogens (tertiary/aromatic N) is 5. The maximum Gasteiger partial charge on any atom is 0.369 e. The van der Waals surface area contributed by atoms with Gasteiger partial charge < -0.3 is 10.9 Å². The third-order valence-electron chi connectivity index (χ3n) is 4.94. The summed E-state index contributed by atoms with van der Waals surface area (Å²) >= 11 is 0. The van der Waals surface area contributed by atoms with Gasteiger partial charge >= 0.3 is 5.69 Å². The Morgan fingerprint density at radius 3 is 2.34 bits per heavy atom. The van der Waals surface area contributed by atoms with Crippen LogP contribution in [0, 0.1) is 6.92 Å². The van der Waals surface area contributed by atoms with Gasteiger partial charge in [-0.1, -0.05) is 24.3 Å². The second-order valence-electron chi connectivity index (χ2n) is 6.88. The molecule has 0 spiro atoms. The van der Waals surface area contributed by atoms with Crippen molar-refractivity contribution in [3.05, 3.63) is 76.0 Å². The number of rotatable bonds is 3. The van der Waals surface area contributed by atoms with Gasteiger partial charge in [-0.15, -0.1) is 5.10 Å². The Morgan fingerprint density at radius 1 is 1.14 bits per heavy atom. The van der Waals surface area contributed by atoms with Gasteiger partial charge in [0.2, 0.25) is 5.91 Å². The van der Waals surface area contributed by atoms with Gasteiger partial charge in [-0.2, -0.15) is 14.5 Å². The van der Waals surface area contributed by atoms with Crippen molar-refractivity contribution in [2.75, 3.05) is 5.84 Å². The van der Waals surface area contributed by atoms with Crippen LogP contribution in [0.3, 0.4) is 0 Å². The summed E-state index contributed by atoms with van der Waals surface area (Å²) in [5, 5.41) is 19.6. The molecule has 3 aromatic rings. The molecule has 29 heavy (non-hydrogen) atoms. The highest BCUT2D eigenvalue weighted by atomic mass is 16.3. The molecule has 4 rings (SSSR count). The van der Waals surface area contributed by atoms with Gasteiger partial charge in [0.05, 0.1) is 17.4 Å². The fourth-order valence-electron chi connectivity index (χ4n) is 3.37. The van der Waals surface area contributed by atoms with Gasteiger partial charge in [0.1, 0.15) is 5.75 Å². The van der Waals surface area contributed by atoms with Crippen molar-refractivity contribution < 1.29 is 9.90 Å². The molecule has 2 aromatic carbocycles. The van der Waals surface area contributed by atoms with E-state index in [1.54, 1.807) is 43.3 Å². The van der Waals surface area contributed by atoms with Crippen LogP contribution in [0.5, 0.6) is 5.75 Å². The summed E-state index contributed by atoms with van der Waals surface area (Å²) < 4.78 is 2.22. The van der Waals surface area contributed by atoms with E-state index in [0.29, 0.717) is 17.9 Å². The summed E-state index contributed by atoms with van der Waals surface area (Å²) in [6.07, 6.45) is 0.542. The Kier molecular flexibility index (Phi) is 4.42. The molecule has 9 nitrogen and oxygen atoms in total. The van der Waals surface area contributed by atoms with Crippen molar-refractivity contribution in [3.8, 4) is 11.4 Å². The molecular formula is C20H20N6O3. The van der Waals surface area contributed by atoms with Crippen LogP contribution in [0.15, 0.2) is 58.4 Å². The van der Waals surface area contributed by atoms with Crippen molar-refractivity contribution in [1.82, 2.24) is 19.5 Å². The zero-order chi connectivity index (χ0) is 20.7. The summed E-state index contributed by atoms with van der Waals surface area (Å²) in [6, 6.07) is 13.7.